The standard InChI is InChI=1S/C14H16ClN3S/c1-10-5-6-13(12(15)8-10)17-14(19)16-9-11-4-3-7-18(11)2/h3-8H,9H2,1-2H3,(H2,16,17,19). The van der Waals surface area contributed by atoms with Crippen molar-refractivity contribution in [3.05, 3.63) is 52.8 Å². The van der Waals surface area contributed by atoms with Gasteiger partial charge in [-0.1, -0.05) is 17.7 Å². The third kappa shape index (κ3) is 3.72. The Morgan fingerprint density at radius 3 is 2.79 bits per heavy atom. The predicted octanol–water partition coefficient (Wildman–Crippen LogP) is 3.47. The molecule has 1 aromatic carbocycles. The zero-order valence-corrected chi connectivity index (χ0v) is 12.5. The lowest BCUT2D eigenvalue weighted by Crippen LogP contribution is -2.28. The zero-order chi connectivity index (χ0) is 13.8. The largest absolute Gasteiger partial charge is 0.357 e. The summed E-state index contributed by atoms with van der Waals surface area (Å²) in [5.41, 5.74) is 3.11. The number of hydrogen-bond donors (Lipinski definition) is 2. The number of hydrogen-bond acceptors (Lipinski definition) is 1. The molecule has 0 radical (unpaired) electrons. The molecule has 2 aromatic rings. The minimum absolute atomic E-state index is 0.562. The quantitative estimate of drug-likeness (QED) is 0.849. The van der Waals surface area contributed by atoms with Gasteiger partial charge in [-0.2, -0.15) is 0 Å². The maximum Gasteiger partial charge on any atom is 0.171 e. The summed E-state index contributed by atoms with van der Waals surface area (Å²) in [7, 11) is 2.00. The summed E-state index contributed by atoms with van der Waals surface area (Å²) in [6.45, 7) is 2.68. The molecular formula is C14H16ClN3S. The fourth-order valence-corrected chi connectivity index (χ4v) is 2.20. The van der Waals surface area contributed by atoms with E-state index in [4.69, 9.17) is 23.8 Å². The molecule has 1 heterocycles. The summed E-state index contributed by atoms with van der Waals surface area (Å²) in [6, 6.07) is 9.88. The van der Waals surface area contributed by atoms with Gasteiger partial charge in [0.2, 0.25) is 0 Å². The summed E-state index contributed by atoms with van der Waals surface area (Å²) in [4.78, 5) is 0. The van der Waals surface area contributed by atoms with Gasteiger partial charge >= 0.3 is 0 Å². The average Bonchev–Trinajstić information content (AvgIpc) is 2.76. The number of aryl methyl sites for hydroxylation is 2. The fourth-order valence-electron chi connectivity index (χ4n) is 1.74. The van der Waals surface area contributed by atoms with Crippen molar-refractivity contribution in [3.8, 4) is 0 Å². The lowest BCUT2D eigenvalue weighted by Gasteiger charge is -2.12. The Bertz CT molecular complexity index is 592. The normalized spacial score (nSPS) is 10.3. The number of benzene rings is 1. The molecule has 1 aromatic heterocycles. The molecule has 0 aliphatic carbocycles. The number of halogens is 1. The van der Waals surface area contributed by atoms with E-state index < -0.39 is 0 Å². The van der Waals surface area contributed by atoms with Gasteiger partial charge in [-0.05, 0) is 49.0 Å². The van der Waals surface area contributed by atoms with Crippen LogP contribution >= 0.6 is 23.8 Å². The average molecular weight is 294 g/mol. The van der Waals surface area contributed by atoms with Gasteiger partial charge in [0.1, 0.15) is 0 Å². The van der Waals surface area contributed by atoms with Crippen LogP contribution in [0.5, 0.6) is 0 Å². The molecule has 2 N–H and O–H groups in total. The van der Waals surface area contributed by atoms with Crippen LogP contribution < -0.4 is 10.6 Å². The minimum atomic E-state index is 0.562. The molecule has 0 fully saturated rings. The first kappa shape index (κ1) is 13.9. The number of aromatic nitrogens is 1. The molecule has 0 bridgehead atoms. The summed E-state index contributed by atoms with van der Waals surface area (Å²) in [6.07, 6.45) is 2.00. The van der Waals surface area contributed by atoms with Crippen LogP contribution in [0.3, 0.4) is 0 Å². The fraction of sp³-hybridized carbons (Fsp3) is 0.214. The van der Waals surface area contributed by atoms with Gasteiger partial charge in [0.25, 0.3) is 0 Å². The summed E-state index contributed by atoms with van der Waals surface area (Å²) < 4.78 is 2.05. The Labute approximate surface area is 123 Å². The molecule has 100 valence electrons. The van der Waals surface area contributed by atoms with E-state index in [2.05, 4.69) is 21.3 Å². The molecule has 0 saturated carbocycles. The highest BCUT2D eigenvalue weighted by molar-refractivity contribution is 7.80. The minimum Gasteiger partial charge on any atom is -0.357 e. The van der Waals surface area contributed by atoms with E-state index in [-0.39, 0.29) is 0 Å². The van der Waals surface area contributed by atoms with Crippen LogP contribution in [0.25, 0.3) is 0 Å². The van der Waals surface area contributed by atoms with E-state index in [0.29, 0.717) is 16.7 Å². The second-order valence-corrected chi connectivity index (χ2v) is 5.22. The summed E-state index contributed by atoms with van der Waals surface area (Å²) >= 11 is 11.4. The molecule has 3 nitrogen and oxygen atoms in total. The van der Waals surface area contributed by atoms with Crippen molar-refractivity contribution < 1.29 is 0 Å². The Morgan fingerprint density at radius 1 is 1.37 bits per heavy atom. The maximum atomic E-state index is 6.14. The molecule has 5 heteroatoms. The summed E-state index contributed by atoms with van der Waals surface area (Å²) in [5.74, 6) is 0. The number of thiocarbonyl (C=S) groups is 1. The number of nitrogens with zero attached hydrogens (tertiary/aromatic N) is 1. The smallest absolute Gasteiger partial charge is 0.171 e. The number of nitrogens with one attached hydrogen (secondary N) is 2. The van der Waals surface area contributed by atoms with Gasteiger partial charge in [0, 0.05) is 18.9 Å². The third-order valence-electron chi connectivity index (χ3n) is 2.85. The van der Waals surface area contributed by atoms with Crippen molar-refractivity contribution in [1.29, 1.82) is 0 Å². The molecule has 0 saturated heterocycles. The first-order chi connectivity index (χ1) is 9.06. The highest BCUT2D eigenvalue weighted by atomic mass is 35.5. The van der Waals surface area contributed by atoms with E-state index in [9.17, 15) is 0 Å². The second kappa shape index (κ2) is 6.08. The van der Waals surface area contributed by atoms with Crippen LogP contribution in [-0.2, 0) is 13.6 Å². The molecular weight excluding hydrogens is 278 g/mol. The van der Waals surface area contributed by atoms with Crippen LogP contribution in [-0.4, -0.2) is 9.68 Å². The first-order valence-corrected chi connectivity index (χ1v) is 6.76. The Morgan fingerprint density at radius 2 is 2.16 bits per heavy atom. The molecule has 0 aliphatic heterocycles. The Balaban J connectivity index is 1.93. The van der Waals surface area contributed by atoms with Crippen molar-refractivity contribution in [2.24, 2.45) is 7.05 Å². The van der Waals surface area contributed by atoms with Gasteiger partial charge in [0.05, 0.1) is 17.3 Å². The number of anilines is 1. The van der Waals surface area contributed by atoms with Gasteiger partial charge in [-0.3, -0.25) is 0 Å². The molecule has 0 atom stereocenters. The Hall–Kier alpha value is -1.52. The van der Waals surface area contributed by atoms with E-state index in [1.54, 1.807) is 0 Å². The SMILES string of the molecule is Cc1ccc(NC(=S)NCc2cccn2C)c(Cl)c1. The zero-order valence-electron chi connectivity index (χ0n) is 10.9. The van der Waals surface area contributed by atoms with Gasteiger partial charge in [-0.25, -0.2) is 0 Å². The van der Waals surface area contributed by atoms with Crippen LogP contribution in [0.15, 0.2) is 36.5 Å². The van der Waals surface area contributed by atoms with E-state index in [0.717, 1.165) is 11.3 Å². The lowest BCUT2D eigenvalue weighted by atomic mass is 10.2. The first-order valence-electron chi connectivity index (χ1n) is 5.97. The molecule has 0 unspecified atom stereocenters. The topological polar surface area (TPSA) is 29.0 Å². The monoisotopic (exact) mass is 293 g/mol. The Kier molecular flexibility index (Phi) is 4.45. The van der Waals surface area contributed by atoms with Crippen molar-refractivity contribution >= 4 is 34.6 Å². The summed E-state index contributed by atoms with van der Waals surface area (Å²) in [5, 5.41) is 7.49. The highest BCUT2D eigenvalue weighted by Crippen LogP contribution is 2.22. The van der Waals surface area contributed by atoms with Gasteiger partial charge in [-0.15, -0.1) is 0 Å². The predicted molar refractivity (Wildman–Crippen MR) is 84.7 cm³/mol. The van der Waals surface area contributed by atoms with Crippen molar-refractivity contribution in [1.82, 2.24) is 9.88 Å². The second-order valence-electron chi connectivity index (χ2n) is 4.40. The van der Waals surface area contributed by atoms with Crippen molar-refractivity contribution in [3.63, 3.8) is 0 Å². The van der Waals surface area contributed by atoms with E-state index in [1.165, 1.54) is 5.69 Å². The molecule has 19 heavy (non-hydrogen) atoms. The lowest BCUT2D eigenvalue weighted by molar-refractivity contribution is 0.783. The molecule has 0 aliphatic rings. The molecule has 2 rings (SSSR count). The third-order valence-corrected chi connectivity index (χ3v) is 3.41. The van der Waals surface area contributed by atoms with Crippen LogP contribution in [0, 0.1) is 6.92 Å². The molecule has 0 amide bonds. The number of rotatable bonds is 3. The van der Waals surface area contributed by atoms with Crippen molar-refractivity contribution in [2.75, 3.05) is 5.32 Å². The van der Waals surface area contributed by atoms with Crippen LogP contribution in [0.4, 0.5) is 5.69 Å². The highest BCUT2D eigenvalue weighted by Gasteiger charge is 2.03. The molecule has 0 spiro atoms. The van der Waals surface area contributed by atoms with Crippen LogP contribution in [0.2, 0.25) is 5.02 Å². The van der Waals surface area contributed by atoms with Crippen molar-refractivity contribution in [2.45, 2.75) is 13.5 Å². The van der Waals surface area contributed by atoms with E-state index in [1.807, 2.05) is 44.4 Å². The van der Waals surface area contributed by atoms with Gasteiger partial charge < -0.3 is 15.2 Å². The maximum absolute atomic E-state index is 6.14. The van der Waals surface area contributed by atoms with E-state index >= 15 is 0 Å². The van der Waals surface area contributed by atoms with Gasteiger partial charge in [0.15, 0.2) is 5.11 Å². The van der Waals surface area contributed by atoms with Crippen LogP contribution in [0.1, 0.15) is 11.3 Å².